The molecule has 0 radical (unpaired) electrons. The van der Waals surface area contributed by atoms with E-state index in [9.17, 15) is 9.90 Å². The van der Waals surface area contributed by atoms with E-state index in [1.807, 2.05) is 6.07 Å². The second-order valence-electron chi connectivity index (χ2n) is 8.08. The van der Waals surface area contributed by atoms with Gasteiger partial charge in [-0.2, -0.15) is 4.98 Å². The van der Waals surface area contributed by atoms with Crippen molar-refractivity contribution >= 4 is 40.6 Å². The van der Waals surface area contributed by atoms with Gasteiger partial charge in [0.2, 0.25) is 12.7 Å². The number of amides is 1. The number of hydrogen-bond donors (Lipinski definition) is 3. The average molecular weight is 482 g/mol. The average Bonchev–Trinajstić information content (AvgIpc) is 3.35. The van der Waals surface area contributed by atoms with E-state index in [0.29, 0.717) is 51.8 Å². The predicted molar refractivity (Wildman–Crippen MR) is 128 cm³/mol. The number of anilines is 4. The molecule has 10 heteroatoms. The molecule has 0 bridgehead atoms. The molecule has 176 valence electrons. The van der Waals surface area contributed by atoms with Gasteiger partial charge >= 0.3 is 0 Å². The number of hydrogen-bond acceptors (Lipinski definition) is 8. The smallest absolute Gasteiger partial charge is 0.254 e. The first-order valence-corrected chi connectivity index (χ1v) is 11.5. The van der Waals surface area contributed by atoms with E-state index >= 15 is 0 Å². The van der Waals surface area contributed by atoms with Crippen molar-refractivity contribution in [1.82, 2.24) is 14.9 Å². The number of aliphatic hydroxyl groups excluding tert-OH is 1. The van der Waals surface area contributed by atoms with Crippen molar-refractivity contribution in [3.05, 3.63) is 59.2 Å². The van der Waals surface area contributed by atoms with Gasteiger partial charge in [-0.15, -0.1) is 0 Å². The van der Waals surface area contributed by atoms with Gasteiger partial charge in [0.05, 0.1) is 17.7 Å². The van der Waals surface area contributed by atoms with Crippen LogP contribution in [0.5, 0.6) is 11.5 Å². The van der Waals surface area contributed by atoms with Gasteiger partial charge in [-0.3, -0.25) is 4.79 Å². The largest absolute Gasteiger partial charge is 0.454 e. The van der Waals surface area contributed by atoms with E-state index in [1.165, 1.54) is 0 Å². The highest BCUT2D eigenvalue weighted by Gasteiger charge is 2.27. The maximum atomic E-state index is 13.1. The number of carbonyl (C=O) groups excluding carboxylic acids is 1. The van der Waals surface area contributed by atoms with Gasteiger partial charge in [0, 0.05) is 24.0 Å². The van der Waals surface area contributed by atoms with Crippen molar-refractivity contribution in [3.63, 3.8) is 0 Å². The maximum Gasteiger partial charge on any atom is 0.254 e. The van der Waals surface area contributed by atoms with Gasteiger partial charge in [0.25, 0.3) is 5.91 Å². The number of ether oxygens (including phenoxy) is 2. The van der Waals surface area contributed by atoms with Crippen LogP contribution in [0.3, 0.4) is 0 Å². The van der Waals surface area contributed by atoms with Crippen LogP contribution in [0.1, 0.15) is 29.6 Å². The molecule has 1 amide bonds. The number of aromatic nitrogens is 2. The summed E-state index contributed by atoms with van der Waals surface area (Å²) in [5.41, 5.74) is 1.79. The summed E-state index contributed by atoms with van der Waals surface area (Å²) in [7, 11) is 0. The van der Waals surface area contributed by atoms with Crippen LogP contribution in [0, 0.1) is 0 Å². The van der Waals surface area contributed by atoms with Crippen molar-refractivity contribution in [2.75, 3.05) is 30.6 Å². The number of halogens is 1. The molecule has 1 atom stereocenters. The highest BCUT2D eigenvalue weighted by molar-refractivity contribution is 6.33. The lowest BCUT2D eigenvalue weighted by molar-refractivity contribution is 0.0503. The predicted octanol–water partition coefficient (Wildman–Crippen LogP) is 4.33. The number of rotatable bonds is 6. The molecule has 2 aliphatic heterocycles. The zero-order chi connectivity index (χ0) is 23.5. The van der Waals surface area contributed by atoms with Crippen LogP contribution in [-0.4, -0.2) is 51.9 Å². The minimum absolute atomic E-state index is 0.0247. The Morgan fingerprint density at radius 1 is 1.18 bits per heavy atom. The fourth-order valence-corrected chi connectivity index (χ4v) is 4.36. The van der Waals surface area contributed by atoms with Crippen LogP contribution in [0.15, 0.2) is 48.7 Å². The van der Waals surface area contributed by atoms with E-state index in [1.54, 1.807) is 47.5 Å². The van der Waals surface area contributed by atoms with Crippen LogP contribution in [-0.2, 0) is 0 Å². The number of fused-ring (bicyclic) bond motifs is 1. The summed E-state index contributed by atoms with van der Waals surface area (Å²) in [4.78, 5) is 23.6. The zero-order valence-corrected chi connectivity index (χ0v) is 19.1. The molecular weight excluding hydrogens is 458 g/mol. The second kappa shape index (κ2) is 9.74. The summed E-state index contributed by atoms with van der Waals surface area (Å²) in [6.45, 7) is 0.759. The van der Waals surface area contributed by atoms with E-state index in [2.05, 4.69) is 20.6 Å². The van der Waals surface area contributed by atoms with Crippen LogP contribution >= 0.6 is 11.6 Å². The first-order chi connectivity index (χ1) is 16.6. The van der Waals surface area contributed by atoms with Crippen molar-refractivity contribution in [2.24, 2.45) is 0 Å². The lowest BCUT2D eigenvalue weighted by Gasteiger charge is -2.34. The minimum Gasteiger partial charge on any atom is -0.454 e. The summed E-state index contributed by atoms with van der Waals surface area (Å²) < 4.78 is 10.9. The molecule has 1 aromatic heterocycles. The zero-order valence-electron chi connectivity index (χ0n) is 18.3. The van der Waals surface area contributed by atoms with Crippen molar-refractivity contribution < 1.29 is 19.4 Å². The Kier molecular flexibility index (Phi) is 6.37. The number of benzene rings is 2. The molecular formula is C24H24ClN5O4. The lowest BCUT2D eigenvalue weighted by atomic mass is 10.0. The molecule has 0 unspecified atom stereocenters. The number of carbonyl (C=O) groups is 1. The third-order valence-electron chi connectivity index (χ3n) is 5.86. The number of piperidine rings is 1. The molecule has 0 saturated carbocycles. The Labute approximate surface area is 201 Å². The van der Waals surface area contributed by atoms with Gasteiger partial charge in [-0.25, -0.2) is 4.98 Å². The monoisotopic (exact) mass is 481 g/mol. The third kappa shape index (κ3) is 4.57. The number of nitrogens with one attached hydrogen (secondary N) is 2. The summed E-state index contributed by atoms with van der Waals surface area (Å²) in [6, 6.07) is 12.2. The molecule has 5 rings (SSSR count). The fourth-order valence-electron chi connectivity index (χ4n) is 4.16. The van der Waals surface area contributed by atoms with Crippen molar-refractivity contribution in [1.29, 1.82) is 0 Å². The van der Waals surface area contributed by atoms with Crippen LogP contribution in [0.4, 0.5) is 23.1 Å². The molecule has 2 aromatic carbocycles. The lowest BCUT2D eigenvalue weighted by Crippen LogP contribution is -2.45. The number of likely N-dealkylation sites (tertiary alicyclic amines) is 1. The molecule has 2 aliphatic rings. The first kappa shape index (κ1) is 22.2. The summed E-state index contributed by atoms with van der Waals surface area (Å²) in [5.74, 6) is 1.91. The Bertz CT molecular complexity index is 1210. The van der Waals surface area contributed by atoms with Crippen LogP contribution in [0.2, 0.25) is 5.02 Å². The quantitative estimate of drug-likeness (QED) is 0.477. The Hall–Kier alpha value is -3.56. The third-order valence-corrected chi connectivity index (χ3v) is 6.18. The Morgan fingerprint density at radius 2 is 2.09 bits per heavy atom. The highest BCUT2D eigenvalue weighted by Crippen LogP contribution is 2.44. The van der Waals surface area contributed by atoms with Gasteiger partial charge in [0.1, 0.15) is 11.5 Å². The second-order valence-corrected chi connectivity index (χ2v) is 8.49. The molecule has 1 fully saturated rings. The molecule has 34 heavy (non-hydrogen) atoms. The van der Waals surface area contributed by atoms with E-state index in [-0.39, 0.29) is 25.3 Å². The molecule has 1 saturated heterocycles. The first-order valence-electron chi connectivity index (χ1n) is 11.1. The summed E-state index contributed by atoms with van der Waals surface area (Å²) in [6.07, 6.45) is 4.40. The van der Waals surface area contributed by atoms with Crippen LogP contribution < -0.4 is 20.1 Å². The van der Waals surface area contributed by atoms with Crippen molar-refractivity contribution in [2.45, 2.75) is 25.3 Å². The standard InChI is InChI=1S/C24H24ClN5O4/c25-18-7-8-19-22(34-14-33-19)21(18)28-20-9-10-26-24(29-20)27-16-5-3-4-15(12-16)23(32)30-11-2-1-6-17(30)13-31/h3-5,7-10,12,17,31H,1-2,6,11,13-14H2,(H2,26,27,28,29)/t17-/m0/s1. The number of aliphatic hydroxyl groups is 1. The highest BCUT2D eigenvalue weighted by atomic mass is 35.5. The van der Waals surface area contributed by atoms with Gasteiger partial charge in [0.15, 0.2) is 11.5 Å². The van der Waals surface area contributed by atoms with Gasteiger partial charge < -0.3 is 30.1 Å². The summed E-state index contributed by atoms with van der Waals surface area (Å²) >= 11 is 6.35. The van der Waals surface area contributed by atoms with Crippen LogP contribution in [0.25, 0.3) is 0 Å². The molecule has 3 heterocycles. The SMILES string of the molecule is O=C(c1cccc(Nc2nccc(Nc3c(Cl)ccc4c3OCO4)n2)c1)N1CCCC[C@H]1CO. The van der Waals surface area contributed by atoms with Crippen molar-refractivity contribution in [3.8, 4) is 11.5 Å². The molecule has 9 nitrogen and oxygen atoms in total. The van der Waals surface area contributed by atoms with E-state index in [4.69, 9.17) is 21.1 Å². The molecule has 0 aliphatic carbocycles. The van der Waals surface area contributed by atoms with E-state index < -0.39 is 0 Å². The van der Waals surface area contributed by atoms with E-state index in [0.717, 1.165) is 19.3 Å². The normalized spacial score (nSPS) is 16.9. The maximum absolute atomic E-state index is 13.1. The summed E-state index contributed by atoms with van der Waals surface area (Å²) in [5, 5.41) is 16.4. The fraction of sp³-hybridized carbons (Fsp3) is 0.292. The minimum atomic E-state index is -0.135. The molecule has 3 N–H and O–H groups in total. The number of nitrogens with zero attached hydrogens (tertiary/aromatic N) is 3. The van der Waals surface area contributed by atoms with Gasteiger partial charge in [-0.05, 0) is 55.7 Å². The Morgan fingerprint density at radius 3 is 2.97 bits per heavy atom. The molecule has 3 aromatic rings. The Balaban J connectivity index is 1.33. The topological polar surface area (TPSA) is 109 Å². The molecule has 0 spiro atoms. The van der Waals surface area contributed by atoms with Gasteiger partial charge in [-0.1, -0.05) is 17.7 Å².